The van der Waals surface area contributed by atoms with Gasteiger partial charge >= 0.3 is 0 Å². The second-order valence-corrected chi connectivity index (χ2v) is 11.1. The van der Waals surface area contributed by atoms with Crippen molar-refractivity contribution in [2.75, 3.05) is 18.4 Å². The number of nitrogens with one attached hydrogen (secondary N) is 1. The Hall–Kier alpha value is -2.07. The molecule has 9 heteroatoms. The minimum atomic E-state index is -3.53. The molecule has 1 aliphatic heterocycles. The van der Waals surface area contributed by atoms with E-state index in [2.05, 4.69) is 10.3 Å². The molecule has 1 aliphatic rings. The first-order chi connectivity index (χ1) is 13.9. The van der Waals surface area contributed by atoms with E-state index in [0.29, 0.717) is 29.3 Å². The number of hydrogen-bond donors (Lipinski definition) is 1. The average Bonchev–Trinajstić information content (AvgIpc) is 3.41. The Balaban J connectivity index is 1.42. The van der Waals surface area contributed by atoms with Gasteiger partial charge < -0.3 is 5.32 Å². The summed E-state index contributed by atoms with van der Waals surface area (Å²) in [5, 5.41) is 7.69. The fourth-order valence-corrected chi connectivity index (χ4v) is 6.67. The first-order valence-corrected chi connectivity index (χ1v) is 12.5. The van der Waals surface area contributed by atoms with Crippen LogP contribution in [-0.2, 0) is 14.8 Å². The molecule has 1 aromatic carbocycles. The van der Waals surface area contributed by atoms with Gasteiger partial charge in [-0.2, -0.15) is 4.31 Å². The lowest BCUT2D eigenvalue weighted by Gasteiger charge is -2.30. The van der Waals surface area contributed by atoms with Crippen molar-refractivity contribution in [1.29, 1.82) is 0 Å². The number of anilines is 1. The van der Waals surface area contributed by atoms with Crippen LogP contribution in [0.3, 0.4) is 0 Å². The summed E-state index contributed by atoms with van der Waals surface area (Å²) in [7, 11) is -3.53. The predicted octanol–water partition coefficient (Wildman–Crippen LogP) is 4.22. The van der Waals surface area contributed by atoms with E-state index >= 15 is 0 Å². The van der Waals surface area contributed by atoms with Crippen LogP contribution in [0, 0.1) is 12.8 Å². The highest BCUT2D eigenvalue weighted by atomic mass is 32.2. The molecule has 0 unspecified atom stereocenters. The molecule has 1 amide bonds. The number of sulfonamides is 1. The minimum Gasteiger partial charge on any atom is -0.326 e. The molecule has 152 valence electrons. The van der Waals surface area contributed by atoms with Gasteiger partial charge in [-0.05, 0) is 43.3 Å². The highest BCUT2D eigenvalue weighted by molar-refractivity contribution is 7.91. The number of nitrogens with zero attached hydrogens (tertiary/aromatic N) is 2. The van der Waals surface area contributed by atoms with Crippen molar-refractivity contribution in [2.45, 2.75) is 24.0 Å². The zero-order chi connectivity index (χ0) is 20.4. The van der Waals surface area contributed by atoms with Crippen molar-refractivity contribution in [1.82, 2.24) is 9.29 Å². The molecule has 0 saturated carbocycles. The number of amides is 1. The third-order valence-corrected chi connectivity index (χ3v) is 8.92. The quantitative estimate of drug-likeness (QED) is 0.635. The minimum absolute atomic E-state index is 0.145. The lowest BCUT2D eigenvalue weighted by Crippen LogP contribution is -2.43. The Morgan fingerprint density at radius 1 is 1.21 bits per heavy atom. The summed E-state index contributed by atoms with van der Waals surface area (Å²) in [5.41, 5.74) is 2.62. The van der Waals surface area contributed by atoms with Gasteiger partial charge in [0.1, 0.15) is 4.21 Å². The van der Waals surface area contributed by atoms with Crippen molar-refractivity contribution >= 4 is 44.3 Å². The molecule has 3 aromatic rings. The van der Waals surface area contributed by atoms with Crippen LogP contribution in [0.1, 0.15) is 17.8 Å². The second-order valence-electron chi connectivity index (χ2n) is 6.95. The molecule has 1 N–H and O–H groups in total. The fourth-order valence-electron chi connectivity index (χ4n) is 3.38. The van der Waals surface area contributed by atoms with Crippen molar-refractivity contribution < 1.29 is 13.2 Å². The van der Waals surface area contributed by atoms with Crippen molar-refractivity contribution in [3.63, 3.8) is 0 Å². The van der Waals surface area contributed by atoms with Gasteiger partial charge in [0, 0.05) is 29.7 Å². The number of thiazole rings is 1. The second kappa shape index (κ2) is 8.35. The van der Waals surface area contributed by atoms with E-state index in [1.54, 1.807) is 28.8 Å². The fraction of sp³-hybridized carbons (Fsp3) is 0.300. The van der Waals surface area contributed by atoms with Gasteiger partial charge in [-0.1, -0.05) is 18.2 Å². The number of piperidine rings is 1. The summed E-state index contributed by atoms with van der Waals surface area (Å²) >= 11 is 2.80. The lowest BCUT2D eigenvalue weighted by atomic mass is 9.98. The molecule has 6 nitrogen and oxygen atoms in total. The Bertz CT molecular complexity index is 1090. The topological polar surface area (TPSA) is 79.4 Å². The molecular weight excluding hydrogens is 426 g/mol. The molecule has 4 rings (SSSR count). The number of thiophene rings is 1. The Kier molecular flexibility index (Phi) is 5.82. The summed E-state index contributed by atoms with van der Waals surface area (Å²) < 4.78 is 27.3. The SMILES string of the molecule is Cc1nc(-c2ccc(NC(=O)[C@@H]3CCCN(S(=O)(=O)c4cccs4)C3)cc2)cs1. The molecule has 1 atom stereocenters. The average molecular weight is 448 g/mol. The summed E-state index contributed by atoms with van der Waals surface area (Å²) in [6.45, 7) is 2.63. The standard InChI is InChI=1S/C20H21N3O3S3/c1-14-21-18(13-28-14)15-6-8-17(9-7-15)22-20(24)16-4-2-10-23(12-16)29(25,26)19-5-3-11-27-19/h3,5-9,11,13,16H,2,4,10,12H2,1H3,(H,22,24)/t16-/m1/s1. The molecule has 0 aliphatic carbocycles. The van der Waals surface area contributed by atoms with Crippen molar-refractivity contribution in [3.05, 3.63) is 52.2 Å². The maximum Gasteiger partial charge on any atom is 0.252 e. The van der Waals surface area contributed by atoms with Crippen LogP contribution in [0.25, 0.3) is 11.3 Å². The number of aromatic nitrogens is 1. The molecule has 2 aromatic heterocycles. The van der Waals surface area contributed by atoms with E-state index < -0.39 is 10.0 Å². The number of carbonyl (C=O) groups is 1. The monoisotopic (exact) mass is 447 g/mol. The largest absolute Gasteiger partial charge is 0.326 e. The maximum absolute atomic E-state index is 12.7. The lowest BCUT2D eigenvalue weighted by molar-refractivity contribution is -0.120. The number of benzene rings is 1. The zero-order valence-corrected chi connectivity index (χ0v) is 18.3. The first kappa shape index (κ1) is 20.2. The molecule has 1 fully saturated rings. The van der Waals surface area contributed by atoms with Gasteiger partial charge in [0.2, 0.25) is 5.91 Å². The third-order valence-electron chi connectivity index (χ3n) is 4.91. The van der Waals surface area contributed by atoms with Crippen LogP contribution in [0.2, 0.25) is 0 Å². The van der Waals surface area contributed by atoms with E-state index in [0.717, 1.165) is 16.3 Å². The molecule has 0 radical (unpaired) electrons. The van der Waals surface area contributed by atoms with Gasteiger partial charge in [-0.15, -0.1) is 22.7 Å². The van der Waals surface area contributed by atoms with E-state index in [1.807, 2.05) is 36.6 Å². The molecule has 1 saturated heterocycles. The van der Waals surface area contributed by atoms with Crippen LogP contribution in [0.5, 0.6) is 0 Å². The Morgan fingerprint density at radius 2 is 2.00 bits per heavy atom. The highest BCUT2D eigenvalue weighted by Crippen LogP contribution is 2.28. The van der Waals surface area contributed by atoms with Gasteiger partial charge in [0.15, 0.2) is 0 Å². The van der Waals surface area contributed by atoms with Crippen molar-refractivity contribution in [3.8, 4) is 11.3 Å². The predicted molar refractivity (Wildman–Crippen MR) is 117 cm³/mol. The molecule has 29 heavy (non-hydrogen) atoms. The number of hydrogen-bond acceptors (Lipinski definition) is 6. The smallest absolute Gasteiger partial charge is 0.252 e. The number of carbonyl (C=O) groups excluding carboxylic acids is 1. The van der Waals surface area contributed by atoms with Gasteiger partial charge in [-0.3, -0.25) is 4.79 Å². The molecule has 3 heterocycles. The van der Waals surface area contributed by atoms with Crippen LogP contribution < -0.4 is 5.32 Å². The Morgan fingerprint density at radius 3 is 2.66 bits per heavy atom. The van der Waals surface area contributed by atoms with Gasteiger partial charge in [-0.25, -0.2) is 13.4 Å². The third kappa shape index (κ3) is 4.42. The summed E-state index contributed by atoms with van der Waals surface area (Å²) in [5.74, 6) is -0.507. The van der Waals surface area contributed by atoms with Gasteiger partial charge in [0.25, 0.3) is 10.0 Å². The van der Waals surface area contributed by atoms with Crippen LogP contribution >= 0.6 is 22.7 Å². The van der Waals surface area contributed by atoms with Gasteiger partial charge in [0.05, 0.1) is 16.6 Å². The van der Waals surface area contributed by atoms with E-state index in [9.17, 15) is 13.2 Å². The summed E-state index contributed by atoms with van der Waals surface area (Å²) in [4.78, 5) is 17.2. The maximum atomic E-state index is 12.7. The van der Waals surface area contributed by atoms with Crippen molar-refractivity contribution in [2.24, 2.45) is 5.92 Å². The normalized spacial score (nSPS) is 17.9. The summed E-state index contributed by atoms with van der Waals surface area (Å²) in [6.07, 6.45) is 1.35. The first-order valence-electron chi connectivity index (χ1n) is 9.30. The van der Waals surface area contributed by atoms with E-state index in [1.165, 1.54) is 15.6 Å². The van der Waals surface area contributed by atoms with Crippen LogP contribution in [0.15, 0.2) is 51.4 Å². The summed E-state index contributed by atoms with van der Waals surface area (Å²) in [6, 6.07) is 10.9. The highest BCUT2D eigenvalue weighted by Gasteiger charge is 2.33. The number of rotatable bonds is 5. The van der Waals surface area contributed by atoms with Crippen LogP contribution in [0.4, 0.5) is 5.69 Å². The molecular formula is C20H21N3O3S3. The number of aryl methyl sites for hydroxylation is 1. The van der Waals surface area contributed by atoms with E-state index in [4.69, 9.17) is 0 Å². The Labute approximate surface area is 178 Å². The van der Waals surface area contributed by atoms with E-state index in [-0.39, 0.29) is 18.4 Å². The molecule has 0 spiro atoms. The zero-order valence-electron chi connectivity index (χ0n) is 15.9. The van der Waals surface area contributed by atoms with Crippen LogP contribution in [-0.4, -0.2) is 36.7 Å². The molecule has 0 bridgehead atoms.